The molecule has 0 aliphatic rings. The zero-order valence-corrected chi connectivity index (χ0v) is 9.52. The van der Waals surface area contributed by atoms with Crippen LogP contribution in [0.4, 0.5) is 0 Å². The third kappa shape index (κ3) is 3.01. The van der Waals surface area contributed by atoms with Crippen LogP contribution in [0.2, 0.25) is 0 Å². The molecule has 0 fully saturated rings. The summed E-state index contributed by atoms with van der Waals surface area (Å²) in [6, 6.07) is 6.12. The summed E-state index contributed by atoms with van der Waals surface area (Å²) in [6.45, 7) is 3.56. The summed E-state index contributed by atoms with van der Waals surface area (Å²) in [5.41, 5.74) is 1.25. The van der Waals surface area contributed by atoms with Crippen molar-refractivity contribution in [2.24, 2.45) is 0 Å². The molecule has 0 saturated carbocycles. The lowest BCUT2D eigenvalue weighted by molar-refractivity contribution is 0.338. The largest absolute Gasteiger partial charge is 0.493 e. The van der Waals surface area contributed by atoms with Gasteiger partial charge in [0.15, 0.2) is 0 Å². The summed E-state index contributed by atoms with van der Waals surface area (Å²) in [4.78, 5) is 0. The molecule has 0 unspecified atom stereocenters. The van der Waals surface area contributed by atoms with Crippen LogP contribution < -0.4 is 10.1 Å². The van der Waals surface area contributed by atoms with Crippen LogP contribution in [0.3, 0.4) is 0 Å². The molecule has 0 bridgehead atoms. The Balaban J connectivity index is 2.79. The third-order valence-corrected chi connectivity index (χ3v) is 2.30. The van der Waals surface area contributed by atoms with Crippen LogP contribution in [-0.2, 0) is 6.54 Å². The fourth-order valence-electron chi connectivity index (χ4n) is 1.13. The average molecular weight is 244 g/mol. The van der Waals surface area contributed by atoms with Gasteiger partial charge in [0.25, 0.3) is 0 Å². The van der Waals surface area contributed by atoms with E-state index >= 15 is 0 Å². The highest BCUT2D eigenvalue weighted by atomic mass is 79.9. The van der Waals surface area contributed by atoms with Crippen LogP contribution in [-0.4, -0.2) is 13.7 Å². The molecule has 0 aromatic heterocycles. The van der Waals surface area contributed by atoms with E-state index in [1.165, 1.54) is 5.56 Å². The number of rotatable bonds is 4. The summed E-state index contributed by atoms with van der Waals surface area (Å²) in [6.07, 6.45) is 0. The minimum atomic E-state index is 0.698. The molecular weight excluding hydrogens is 230 g/mol. The van der Waals surface area contributed by atoms with Crippen molar-refractivity contribution < 1.29 is 4.74 Å². The number of hydrogen-bond acceptors (Lipinski definition) is 2. The molecule has 0 aliphatic heterocycles. The average Bonchev–Trinajstić information content (AvgIpc) is 2.10. The highest BCUT2D eigenvalue weighted by Crippen LogP contribution is 2.25. The van der Waals surface area contributed by atoms with E-state index in [1.807, 2.05) is 20.0 Å². The minimum Gasteiger partial charge on any atom is -0.493 e. The SMILES string of the molecule is CCOc1ccc(CNC)cc1Br. The van der Waals surface area contributed by atoms with Crippen LogP contribution >= 0.6 is 15.9 Å². The fraction of sp³-hybridized carbons (Fsp3) is 0.400. The van der Waals surface area contributed by atoms with Gasteiger partial charge in [-0.05, 0) is 47.6 Å². The molecule has 2 nitrogen and oxygen atoms in total. The smallest absolute Gasteiger partial charge is 0.133 e. The molecule has 1 aromatic carbocycles. The molecule has 0 amide bonds. The summed E-state index contributed by atoms with van der Waals surface area (Å²) >= 11 is 3.47. The van der Waals surface area contributed by atoms with Crippen LogP contribution in [0.25, 0.3) is 0 Å². The van der Waals surface area contributed by atoms with Gasteiger partial charge in [0.1, 0.15) is 5.75 Å². The monoisotopic (exact) mass is 243 g/mol. The van der Waals surface area contributed by atoms with Crippen molar-refractivity contribution in [3.8, 4) is 5.75 Å². The van der Waals surface area contributed by atoms with Crippen LogP contribution in [0.1, 0.15) is 12.5 Å². The van der Waals surface area contributed by atoms with Gasteiger partial charge in [-0.25, -0.2) is 0 Å². The second kappa shape index (κ2) is 5.25. The van der Waals surface area contributed by atoms with E-state index in [0.717, 1.165) is 16.8 Å². The third-order valence-electron chi connectivity index (χ3n) is 1.68. The van der Waals surface area contributed by atoms with Crippen LogP contribution in [0.5, 0.6) is 5.75 Å². The Labute approximate surface area is 87.4 Å². The quantitative estimate of drug-likeness (QED) is 0.878. The topological polar surface area (TPSA) is 21.3 Å². The van der Waals surface area contributed by atoms with Crippen molar-refractivity contribution in [1.82, 2.24) is 5.32 Å². The minimum absolute atomic E-state index is 0.698. The molecule has 0 aliphatic carbocycles. The Morgan fingerprint density at radius 1 is 1.46 bits per heavy atom. The lowest BCUT2D eigenvalue weighted by Gasteiger charge is -2.07. The molecule has 1 N–H and O–H groups in total. The van der Waals surface area contributed by atoms with Crippen molar-refractivity contribution in [3.05, 3.63) is 28.2 Å². The first kappa shape index (κ1) is 10.5. The van der Waals surface area contributed by atoms with Crippen LogP contribution in [0.15, 0.2) is 22.7 Å². The van der Waals surface area contributed by atoms with Crippen molar-refractivity contribution in [2.45, 2.75) is 13.5 Å². The van der Waals surface area contributed by atoms with E-state index < -0.39 is 0 Å². The number of ether oxygens (including phenoxy) is 1. The predicted octanol–water partition coefficient (Wildman–Crippen LogP) is 2.57. The Morgan fingerprint density at radius 2 is 2.23 bits per heavy atom. The number of halogens is 1. The Bertz CT molecular complexity index is 276. The number of nitrogens with one attached hydrogen (secondary N) is 1. The first-order valence-corrected chi connectivity index (χ1v) is 5.13. The Hall–Kier alpha value is -0.540. The number of benzene rings is 1. The highest BCUT2D eigenvalue weighted by molar-refractivity contribution is 9.10. The van der Waals surface area contributed by atoms with Gasteiger partial charge in [-0.3, -0.25) is 0 Å². The molecule has 0 heterocycles. The van der Waals surface area contributed by atoms with Gasteiger partial charge in [0.05, 0.1) is 11.1 Å². The maximum absolute atomic E-state index is 5.40. The number of hydrogen-bond donors (Lipinski definition) is 1. The van der Waals surface area contributed by atoms with Crippen molar-refractivity contribution >= 4 is 15.9 Å². The summed E-state index contributed by atoms with van der Waals surface area (Å²) in [5.74, 6) is 0.905. The summed E-state index contributed by atoms with van der Waals surface area (Å²) in [7, 11) is 1.93. The van der Waals surface area contributed by atoms with Crippen molar-refractivity contribution in [3.63, 3.8) is 0 Å². The standard InChI is InChI=1S/C10H14BrNO/c1-3-13-10-5-4-8(7-12-2)6-9(10)11/h4-6,12H,3,7H2,1-2H3. The van der Waals surface area contributed by atoms with Gasteiger partial charge in [0, 0.05) is 6.54 Å². The predicted molar refractivity (Wildman–Crippen MR) is 58.1 cm³/mol. The van der Waals surface area contributed by atoms with Gasteiger partial charge >= 0.3 is 0 Å². The summed E-state index contributed by atoms with van der Waals surface area (Å²) in [5, 5.41) is 3.10. The first-order valence-electron chi connectivity index (χ1n) is 4.33. The molecule has 13 heavy (non-hydrogen) atoms. The Morgan fingerprint density at radius 3 is 2.77 bits per heavy atom. The van der Waals surface area contributed by atoms with E-state index in [4.69, 9.17) is 4.74 Å². The second-order valence-corrected chi connectivity index (χ2v) is 3.58. The van der Waals surface area contributed by atoms with E-state index in [-0.39, 0.29) is 0 Å². The maximum Gasteiger partial charge on any atom is 0.133 e. The second-order valence-electron chi connectivity index (χ2n) is 2.73. The molecule has 72 valence electrons. The Kier molecular flexibility index (Phi) is 4.25. The molecule has 3 heteroatoms. The van der Waals surface area contributed by atoms with E-state index in [0.29, 0.717) is 6.61 Å². The fourth-order valence-corrected chi connectivity index (χ4v) is 1.67. The van der Waals surface area contributed by atoms with Gasteiger partial charge in [-0.2, -0.15) is 0 Å². The zero-order chi connectivity index (χ0) is 9.68. The van der Waals surface area contributed by atoms with Crippen molar-refractivity contribution in [1.29, 1.82) is 0 Å². The molecule has 1 rings (SSSR count). The first-order chi connectivity index (χ1) is 6.27. The summed E-state index contributed by atoms with van der Waals surface area (Å²) < 4.78 is 6.42. The lowest BCUT2D eigenvalue weighted by atomic mass is 10.2. The van der Waals surface area contributed by atoms with E-state index in [1.54, 1.807) is 0 Å². The van der Waals surface area contributed by atoms with E-state index in [9.17, 15) is 0 Å². The van der Waals surface area contributed by atoms with E-state index in [2.05, 4.69) is 33.4 Å². The molecule has 1 aromatic rings. The highest BCUT2D eigenvalue weighted by Gasteiger charge is 2.00. The molecule has 0 spiro atoms. The normalized spacial score (nSPS) is 10.1. The molecular formula is C10H14BrNO. The van der Waals surface area contributed by atoms with Gasteiger partial charge in [-0.1, -0.05) is 6.07 Å². The molecule has 0 atom stereocenters. The maximum atomic E-state index is 5.40. The van der Waals surface area contributed by atoms with Gasteiger partial charge in [-0.15, -0.1) is 0 Å². The molecule has 0 radical (unpaired) electrons. The van der Waals surface area contributed by atoms with Crippen molar-refractivity contribution in [2.75, 3.05) is 13.7 Å². The molecule has 0 saturated heterocycles. The zero-order valence-electron chi connectivity index (χ0n) is 7.93. The van der Waals surface area contributed by atoms with Crippen LogP contribution in [0, 0.1) is 0 Å². The van der Waals surface area contributed by atoms with Gasteiger partial charge < -0.3 is 10.1 Å². The lowest BCUT2D eigenvalue weighted by Crippen LogP contribution is -2.05. The van der Waals surface area contributed by atoms with Gasteiger partial charge in [0.2, 0.25) is 0 Å².